The smallest absolute Gasteiger partial charge is 0.277 e. The second kappa shape index (κ2) is 9.77. The van der Waals surface area contributed by atoms with Crippen molar-refractivity contribution in [2.24, 2.45) is 0 Å². The first-order chi connectivity index (χ1) is 15.3. The van der Waals surface area contributed by atoms with Gasteiger partial charge in [-0.2, -0.15) is 0 Å². The molecule has 1 aromatic heterocycles. The third kappa shape index (κ3) is 4.56. The Morgan fingerprint density at radius 2 is 1.78 bits per heavy atom. The number of nitrogens with zero attached hydrogens (tertiary/aromatic N) is 3. The summed E-state index contributed by atoms with van der Waals surface area (Å²) >= 11 is 0. The van der Waals surface area contributed by atoms with Crippen molar-refractivity contribution in [3.05, 3.63) is 58.9 Å². The van der Waals surface area contributed by atoms with E-state index in [0.717, 1.165) is 28.1 Å². The average Bonchev–Trinajstić information content (AvgIpc) is 3.01. The predicted octanol–water partition coefficient (Wildman–Crippen LogP) is 3.68. The van der Waals surface area contributed by atoms with Crippen molar-refractivity contribution >= 4 is 23.4 Å². The minimum atomic E-state index is -0.331. The number of hydrogen-bond donors (Lipinski definition) is 1. The highest BCUT2D eigenvalue weighted by molar-refractivity contribution is 6.19. The average molecular weight is 435 g/mol. The van der Waals surface area contributed by atoms with Crippen LogP contribution in [-0.2, 0) is 14.4 Å². The first-order valence-electron chi connectivity index (χ1n) is 11.0. The van der Waals surface area contributed by atoms with Crippen molar-refractivity contribution in [1.29, 1.82) is 0 Å². The Labute approximate surface area is 189 Å². The van der Waals surface area contributed by atoms with Gasteiger partial charge in [-0.25, -0.2) is 0 Å². The van der Waals surface area contributed by atoms with E-state index in [9.17, 15) is 14.4 Å². The second-order valence-corrected chi connectivity index (χ2v) is 7.83. The zero-order chi connectivity index (χ0) is 23.4. The van der Waals surface area contributed by atoms with E-state index < -0.39 is 0 Å². The van der Waals surface area contributed by atoms with E-state index in [4.69, 9.17) is 0 Å². The number of likely N-dealkylation sites (N-methyl/N-ethyl adjacent to an activating group) is 1. The van der Waals surface area contributed by atoms with Crippen molar-refractivity contribution < 1.29 is 14.4 Å². The predicted molar refractivity (Wildman–Crippen MR) is 125 cm³/mol. The molecule has 4 rings (SSSR count). The quantitative estimate of drug-likeness (QED) is 0.743. The second-order valence-electron chi connectivity index (χ2n) is 7.83. The fourth-order valence-electron chi connectivity index (χ4n) is 3.98. The molecule has 7 heteroatoms. The van der Waals surface area contributed by atoms with Crippen molar-refractivity contribution in [2.75, 3.05) is 25.5 Å². The maximum Gasteiger partial charge on any atom is 0.277 e. The van der Waals surface area contributed by atoms with Crippen molar-refractivity contribution in [1.82, 2.24) is 14.8 Å². The molecule has 0 aliphatic carbocycles. The van der Waals surface area contributed by atoms with Gasteiger partial charge in [0.25, 0.3) is 11.8 Å². The largest absolute Gasteiger partial charge is 0.357 e. The zero-order valence-electron chi connectivity index (χ0n) is 19.4. The number of carbonyl (C=O) groups is 3. The minimum absolute atomic E-state index is 0.0183. The van der Waals surface area contributed by atoms with E-state index in [-0.39, 0.29) is 24.3 Å². The van der Waals surface area contributed by atoms with Gasteiger partial charge in [0.1, 0.15) is 5.70 Å². The molecule has 0 unspecified atom stereocenters. The Morgan fingerprint density at radius 3 is 2.44 bits per heavy atom. The van der Waals surface area contributed by atoms with E-state index in [1.54, 1.807) is 11.1 Å². The standard InChI is InChI=1S/C23H24N4O3.C2H6/c1-14-6-8-16(9-7-14)20-15(2)11-17(12-24-20)25-19(28)13-27-10-4-5-18-21(27)23(30)26(3)22(18)29;1-2/h6-9,11-12H,4-5,10,13H2,1-3H3,(H,25,28);1-2H3. The molecule has 2 aliphatic heterocycles. The fraction of sp³-hybridized carbons (Fsp3) is 0.360. The van der Waals surface area contributed by atoms with E-state index >= 15 is 0 Å². The number of pyridine rings is 1. The number of aromatic nitrogens is 1. The van der Waals surface area contributed by atoms with E-state index in [0.29, 0.717) is 29.9 Å². The molecule has 0 atom stereocenters. The molecule has 168 valence electrons. The van der Waals surface area contributed by atoms with Crippen LogP contribution < -0.4 is 5.32 Å². The lowest BCUT2D eigenvalue weighted by molar-refractivity contribution is -0.136. The molecule has 32 heavy (non-hydrogen) atoms. The molecule has 7 nitrogen and oxygen atoms in total. The summed E-state index contributed by atoms with van der Waals surface area (Å²) in [5.74, 6) is -0.836. The Hall–Kier alpha value is -3.48. The molecule has 1 N–H and O–H groups in total. The molecule has 0 radical (unpaired) electrons. The van der Waals surface area contributed by atoms with Crippen LogP contribution in [0.5, 0.6) is 0 Å². The summed E-state index contributed by atoms with van der Waals surface area (Å²) in [6.07, 6.45) is 2.95. The Balaban J connectivity index is 0.00000141. The van der Waals surface area contributed by atoms with Gasteiger partial charge in [-0.1, -0.05) is 43.7 Å². The van der Waals surface area contributed by atoms with Crippen LogP contribution in [0.3, 0.4) is 0 Å². The van der Waals surface area contributed by atoms with Crippen LogP contribution in [0.15, 0.2) is 47.8 Å². The molecule has 0 saturated heterocycles. The number of aryl methyl sites for hydroxylation is 2. The molecule has 0 bridgehead atoms. The number of nitrogens with one attached hydrogen (secondary N) is 1. The van der Waals surface area contributed by atoms with Gasteiger partial charge in [0.05, 0.1) is 24.1 Å². The summed E-state index contributed by atoms with van der Waals surface area (Å²) in [6, 6.07) is 10.0. The third-order valence-corrected chi connectivity index (χ3v) is 5.55. The third-order valence-electron chi connectivity index (χ3n) is 5.55. The summed E-state index contributed by atoms with van der Waals surface area (Å²) in [7, 11) is 1.48. The molecular formula is C25H30N4O3. The fourth-order valence-corrected chi connectivity index (χ4v) is 3.98. The van der Waals surface area contributed by atoms with Crippen molar-refractivity contribution in [2.45, 2.75) is 40.5 Å². The van der Waals surface area contributed by atoms with Gasteiger partial charge in [-0.3, -0.25) is 24.3 Å². The topological polar surface area (TPSA) is 82.6 Å². The van der Waals surface area contributed by atoms with Crippen molar-refractivity contribution in [3.63, 3.8) is 0 Å². The highest BCUT2D eigenvalue weighted by Gasteiger charge is 2.40. The van der Waals surface area contributed by atoms with Gasteiger partial charge in [-0.15, -0.1) is 0 Å². The highest BCUT2D eigenvalue weighted by atomic mass is 16.2. The molecule has 2 aliphatic rings. The SMILES string of the molecule is CC.Cc1ccc(-c2ncc(NC(=O)CN3CCCC4=C3C(=O)N(C)C4=O)cc2C)cc1. The molecule has 0 saturated carbocycles. The zero-order valence-corrected chi connectivity index (χ0v) is 19.4. The number of benzene rings is 1. The molecule has 3 amide bonds. The van der Waals surface area contributed by atoms with E-state index in [1.807, 2.05) is 58.0 Å². The summed E-state index contributed by atoms with van der Waals surface area (Å²) < 4.78 is 0. The van der Waals surface area contributed by atoms with Crippen LogP contribution in [0, 0.1) is 13.8 Å². The Morgan fingerprint density at radius 1 is 1.09 bits per heavy atom. The van der Waals surface area contributed by atoms with Crippen LogP contribution in [0.4, 0.5) is 5.69 Å². The van der Waals surface area contributed by atoms with E-state index in [2.05, 4.69) is 10.3 Å². The Bertz CT molecular complexity index is 1070. The minimum Gasteiger partial charge on any atom is -0.357 e. The normalized spacial score (nSPS) is 15.4. The van der Waals surface area contributed by atoms with Crippen LogP contribution in [0.25, 0.3) is 11.3 Å². The molecule has 1 aromatic carbocycles. The molecule has 0 spiro atoms. The van der Waals surface area contributed by atoms with Crippen LogP contribution >= 0.6 is 0 Å². The maximum atomic E-state index is 12.6. The summed E-state index contributed by atoms with van der Waals surface area (Å²) in [5, 5.41) is 2.86. The monoisotopic (exact) mass is 434 g/mol. The lowest BCUT2D eigenvalue weighted by Crippen LogP contribution is -2.38. The lowest BCUT2D eigenvalue weighted by Gasteiger charge is -2.28. The maximum absolute atomic E-state index is 12.6. The Kier molecular flexibility index (Phi) is 7.08. The number of rotatable bonds is 4. The number of hydrogen-bond acceptors (Lipinski definition) is 5. The van der Waals surface area contributed by atoms with Gasteiger partial charge in [-0.05, 0) is 38.3 Å². The van der Waals surface area contributed by atoms with Gasteiger partial charge in [0, 0.05) is 24.7 Å². The van der Waals surface area contributed by atoms with Crippen LogP contribution in [0.1, 0.15) is 37.8 Å². The first-order valence-corrected chi connectivity index (χ1v) is 11.0. The number of anilines is 1. The van der Waals surface area contributed by atoms with Gasteiger partial charge in [0.15, 0.2) is 0 Å². The molecule has 2 aromatic rings. The summed E-state index contributed by atoms with van der Waals surface area (Å²) in [6.45, 7) is 8.59. The van der Waals surface area contributed by atoms with Gasteiger partial charge >= 0.3 is 0 Å². The summed E-state index contributed by atoms with van der Waals surface area (Å²) in [4.78, 5) is 44.6. The lowest BCUT2D eigenvalue weighted by atomic mass is 10.0. The number of carbonyl (C=O) groups excluding carboxylic acids is 3. The van der Waals surface area contributed by atoms with Gasteiger partial charge in [0.2, 0.25) is 5.91 Å². The summed E-state index contributed by atoms with van der Waals surface area (Å²) in [5.41, 5.74) is 5.52. The number of amides is 3. The van der Waals surface area contributed by atoms with Gasteiger partial charge < -0.3 is 10.2 Å². The number of imide groups is 1. The highest BCUT2D eigenvalue weighted by Crippen LogP contribution is 2.30. The van der Waals surface area contributed by atoms with Crippen LogP contribution in [0.2, 0.25) is 0 Å². The van der Waals surface area contributed by atoms with Crippen LogP contribution in [-0.4, -0.2) is 52.6 Å². The molecular weight excluding hydrogens is 404 g/mol. The molecule has 0 fully saturated rings. The van der Waals surface area contributed by atoms with Crippen molar-refractivity contribution in [3.8, 4) is 11.3 Å². The van der Waals surface area contributed by atoms with E-state index in [1.165, 1.54) is 12.6 Å². The molecule has 3 heterocycles. The first kappa shape index (κ1) is 23.2.